The van der Waals surface area contributed by atoms with Crippen LogP contribution in [0.4, 0.5) is 0 Å². The lowest BCUT2D eigenvalue weighted by atomic mass is 10.0. The molecule has 2 N–H and O–H groups in total. The van der Waals surface area contributed by atoms with Gasteiger partial charge >= 0.3 is 0 Å². The molecule has 2 atom stereocenters. The van der Waals surface area contributed by atoms with Crippen molar-refractivity contribution in [2.24, 2.45) is 0 Å². The fraction of sp³-hybridized carbons (Fsp3) is 0.600. The summed E-state index contributed by atoms with van der Waals surface area (Å²) in [5, 5.41) is 11.1. The Morgan fingerprint density at radius 2 is 1.25 bits per heavy atom. The topological polar surface area (TPSA) is 24.1 Å². The van der Waals surface area contributed by atoms with Gasteiger partial charge in [0.15, 0.2) is 0 Å². The summed E-state index contributed by atoms with van der Waals surface area (Å²) in [6.07, 6.45) is 5.31. The molecule has 2 heterocycles. The number of hydrogen-bond donors (Lipinski definition) is 2. The zero-order valence-electron chi connectivity index (χ0n) is 15.4. The summed E-state index contributed by atoms with van der Waals surface area (Å²) < 4.78 is 0. The van der Waals surface area contributed by atoms with Crippen molar-refractivity contribution in [2.75, 3.05) is 27.2 Å². The predicted octanol–water partition coefficient (Wildman–Crippen LogP) is 4.61. The first kappa shape index (κ1) is 18.1. The maximum atomic E-state index is 3.27. The van der Waals surface area contributed by atoms with Crippen molar-refractivity contribution in [2.45, 2.75) is 51.4 Å². The Labute approximate surface area is 154 Å². The van der Waals surface area contributed by atoms with Crippen molar-refractivity contribution in [1.82, 2.24) is 10.6 Å². The molecule has 0 unspecified atom stereocenters. The van der Waals surface area contributed by atoms with Crippen molar-refractivity contribution < 1.29 is 0 Å². The van der Waals surface area contributed by atoms with E-state index in [9.17, 15) is 0 Å². The number of fused-ring (bicyclic) bond motifs is 2. The number of thiophene rings is 2. The summed E-state index contributed by atoms with van der Waals surface area (Å²) in [6, 6.07) is 0. The number of rotatable bonds is 4. The molecule has 0 spiro atoms. The van der Waals surface area contributed by atoms with Crippen LogP contribution in [-0.4, -0.2) is 27.2 Å². The molecule has 2 aromatic heterocycles. The maximum absolute atomic E-state index is 3.27. The highest BCUT2D eigenvalue weighted by Gasteiger charge is 2.25. The van der Waals surface area contributed by atoms with Crippen molar-refractivity contribution in [3.8, 4) is 0 Å². The minimum Gasteiger partial charge on any atom is -0.319 e. The average molecular weight is 363 g/mol. The standard InChI is InChI=1S/2C10H15NS/c2*1-7-6-12-9-4-3-8(5-11-2)10(7)9/h2*6,8,11H,3-5H2,1-2H3/t2*8-/m10/s1. The van der Waals surface area contributed by atoms with Gasteiger partial charge in [0.1, 0.15) is 0 Å². The highest BCUT2D eigenvalue weighted by molar-refractivity contribution is 7.10. The van der Waals surface area contributed by atoms with Gasteiger partial charge in [0, 0.05) is 22.8 Å². The van der Waals surface area contributed by atoms with E-state index < -0.39 is 0 Å². The van der Waals surface area contributed by atoms with E-state index in [2.05, 4.69) is 35.2 Å². The molecule has 2 aliphatic carbocycles. The first-order valence-corrected chi connectivity index (χ1v) is 10.8. The van der Waals surface area contributed by atoms with E-state index in [1.54, 1.807) is 20.9 Å². The largest absolute Gasteiger partial charge is 0.319 e. The van der Waals surface area contributed by atoms with E-state index >= 15 is 0 Å². The molecule has 0 fully saturated rings. The molecular weight excluding hydrogens is 332 g/mol. The van der Waals surface area contributed by atoms with Gasteiger partial charge in [-0.15, -0.1) is 22.7 Å². The fourth-order valence-electron chi connectivity index (χ4n) is 4.30. The zero-order chi connectivity index (χ0) is 17.1. The van der Waals surface area contributed by atoms with Gasteiger partial charge in [-0.1, -0.05) is 0 Å². The molecule has 0 radical (unpaired) electrons. The quantitative estimate of drug-likeness (QED) is 0.830. The average Bonchev–Trinajstić information content (AvgIpc) is 3.30. The van der Waals surface area contributed by atoms with Crippen molar-refractivity contribution in [1.29, 1.82) is 0 Å². The molecule has 0 saturated carbocycles. The van der Waals surface area contributed by atoms with Gasteiger partial charge in [-0.05, 0) is 98.5 Å². The van der Waals surface area contributed by atoms with E-state index in [0.29, 0.717) is 0 Å². The maximum Gasteiger partial charge on any atom is 0.00834 e. The lowest BCUT2D eigenvalue weighted by Gasteiger charge is -2.09. The number of likely N-dealkylation sites (N-methyl/N-ethyl adjacent to an activating group) is 2. The van der Waals surface area contributed by atoms with Crippen LogP contribution in [0.25, 0.3) is 0 Å². The normalized spacial score (nSPS) is 21.3. The van der Waals surface area contributed by atoms with Crippen LogP contribution >= 0.6 is 22.7 Å². The molecule has 4 heteroatoms. The van der Waals surface area contributed by atoms with E-state index in [1.807, 2.05) is 36.8 Å². The Balaban J connectivity index is 0.000000141. The second kappa shape index (κ2) is 8.13. The third-order valence-electron chi connectivity index (χ3n) is 5.36. The van der Waals surface area contributed by atoms with Crippen LogP contribution in [0.1, 0.15) is 56.7 Å². The molecule has 2 nitrogen and oxygen atoms in total. The molecule has 4 rings (SSSR count). The highest BCUT2D eigenvalue weighted by Crippen LogP contribution is 2.39. The molecule has 2 aliphatic rings. The third kappa shape index (κ3) is 3.62. The van der Waals surface area contributed by atoms with Crippen molar-refractivity contribution in [3.63, 3.8) is 0 Å². The first-order valence-electron chi connectivity index (χ1n) is 9.08. The lowest BCUT2D eigenvalue weighted by Crippen LogP contribution is -2.15. The minimum absolute atomic E-state index is 0.788. The molecule has 0 aliphatic heterocycles. The predicted molar refractivity (Wildman–Crippen MR) is 108 cm³/mol. The van der Waals surface area contributed by atoms with Crippen molar-refractivity contribution >= 4 is 22.7 Å². The second-order valence-electron chi connectivity index (χ2n) is 7.10. The van der Waals surface area contributed by atoms with Gasteiger partial charge in [0.2, 0.25) is 0 Å². The number of nitrogens with one attached hydrogen (secondary N) is 2. The highest BCUT2D eigenvalue weighted by atomic mass is 32.1. The summed E-state index contributed by atoms with van der Waals surface area (Å²) in [7, 11) is 4.08. The molecule has 0 aromatic carbocycles. The number of aryl methyl sites for hydroxylation is 4. The van der Waals surface area contributed by atoms with E-state index in [1.165, 1.54) is 36.8 Å². The van der Waals surface area contributed by atoms with Gasteiger partial charge in [-0.25, -0.2) is 0 Å². The summed E-state index contributed by atoms with van der Waals surface area (Å²) >= 11 is 3.88. The van der Waals surface area contributed by atoms with Crippen LogP contribution in [0.3, 0.4) is 0 Å². The van der Waals surface area contributed by atoms with Crippen LogP contribution in [0.15, 0.2) is 10.8 Å². The fourth-order valence-corrected chi connectivity index (χ4v) is 6.57. The summed E-state index contributed by atoms with van der Waals surface area (Å²) in [6.45, 7) is 6.77. The summed E-state index contributed by atoms with van der Waals surface area (Å²) in [4.78, 5) is 3.26. The van der Waals surface area contributed by atoms with E-state index in [0.717, 1.165) is 24.9 Å². The second-order valence-corrected chi connectivity index (χ2v) is 9.03. The summed E-state index contributed by atoms with van der Waals surface area (Å²) in [5.74, 6) is 1.58. The zero-order valence-corrected chi connectivity index (χ0v) is 17.0. The SMILES string of the molecule is CNC[C@@H]1CCc2scc(C)c21.CNC[C@H]1CCc2scc(C)c21. The number of hydrogen-bond acceptors (Lipinski definition) is 4. The molecule has 24 heavy (non-hydrogen) atoms. The molecule has 2 aromatic rings. The van der Waals surface area contributed by atoms with E-state index in [4.69, 9.17) is 0 Å². The molecular formula is C20H30N2S2. The van der Waals surface area contributed by atoms with Gasteiger partial charge < -0.3 is 10.6 Å². The molecule has 0 bridgehead atoms. The van der Waals surface area contributed by atoms with Crippen LogP contribution in [-0.2, 0) is 12.8 Å². The van der Waals surface area contributed by atoms with Gasteiger partial charge in [0.05, 0.1) is 0 Å². The Morgan fingerprint density at radius 3 is 1.62 bits per heavy atom. The smallest absolute Gasteiger partial charge is 0.00834 e. The summed E-state index contributed by atoms with van der Waals surface area (Å²) in [5.41, 5.74) is 6.31. The van der Waals surface area contributed by atoms with Gasteiger partial charge in [-0.2, -0.15) is 0 Å². The Bertz CT molecular complexity index is 613. The van der Waals surface area contributed by atoms with Crippen LogP contribution in [0, 0.1) is 13.8 Å². The Morgan fingerprint density at radius 1 is 0.833 bits per heavy atom. The minimum atomic E-state index is 0.788. The van der Waals surface area contributed by atoms with E-state index in [-0.39, 0.29) is 0 Å². The molecule has 132 valence electrons. The molecule has 0 saturated heterocycles. The van der Waals surface area contributed by atoms with Crippen LogP contribution < -0.4 is 10.6 Å². The Hall–Kier alpha value is -0.680. The lowest BCUT2D eigenvalue weighted by molar-refractivity contribution is 0.621. The first-order chi connectivity index (χ1) is 11.7. The van der Waals surface area contributed by atoms with Crippen LogP contribution in [0.2, 0.25) is 0 Å². The molecule has 0 amide bonds. The van der Waals surface area contributed by atoms with Crippen molar-refractivity contribution in [3.05, 3.63) is 42.8 Å². The monoisotopic (exact) mass is 362 g/mol. The van der Waals surface area contributed by atoms with Gasteiger partial charge in [0.25, 0.3) is 0 Å². The third-order valence-corrected chi connectivity index (χ3v) is 7.72. The van der Waals surface area contributed by atoms with Gasteiger partial charge in [-0.3, -0.25) is 0 Å². The Kier molecular flexibility index (Phi) is 6.14. The van der Waals surface area contributed by atoms with Crippen LogP contribution in [0.5, 0.6) is 0 Å².